The zero-order valence-electron chi connectivity index (χ0n) is 15.4. The fourth-order valence-corrected chi connectivity index (χ4v) is 3.63. The van der Waals surface area contributed by atoms with Crippen LogP contribution in [0.2, 0.25) is 0 Å². The van der Waals surface area contributed by atoms with Gasteiger partial charge in [0.15, 0.2) is 11.5 Å². The van der Waals surface area contributed by atoms with Gasteiger partial charge in [0, 0.05) is 11.6 Å². The number of nitrogens with one attached hydrogen (secondary N) is 1. The predicted octanol–water partition coefficient (Wildman–Crippen LogP) is 2.44. The summed E-state index contributed by atoms with van der Waals surface area (Å²) in [4.78, 5) is 4.81. The second-order valence-corrected chi connectivity index (χ2v) is 7.24. The SMILES string of the molecule is OC1(COc2cccc3ccc(-c4nnc5ccccn45)nc23)CCNCC1. The highest BCUT2D eigenvalue weighted by Gasteiger charge is 2.30. The molecule has 1 aliphatic heterocycles. The van der Waals surface area contributed by atoms with Crippen molar-refractivity contribution >= 4 is 16.6 Å². The second kappa shape index (κ2) is 6.85. The number of aromatic nitrogens is 4. The molecule has 0 bridgehead atoms. The van der Waals surface area contributed by atoms with E-state index in [0.717, 1.165) is 35.3 Å². The summed E-state index contributed by atoms with van der Waals surface area (Å²) in [5, 5.41) is 23.5. The number of ether oxygens (including phenoxy) is 1. The van der Waals surface area contributed by atoms with Crippen LogP contribution in [0.3, 0.4) is 0 Å². The van der Waals surface area contributed by atoms with Crippen LogP contribution in [0, 0.1) is 0 Å². The highest BCUT2D eigenvalue weighted by molar-refractivity contribution is 5.86. The van der Waals surface area contributed by atoms with Crippen molar-refractivity contribution in [2.45, 2.75) is 18.4 Å². The number of aliphatic hydroxyl groups is 1. The van der Waals surface area contributed by atoms with Gasteiger partial charge in [0.05, 0.1) is 0 Å². The van der Waals surface area contributed by atoms with Gasteiger partial charge < -0.3 is 15.2 Å². The fraction of sp³-hybridized carbons (Fsp3) is 0.286. The third kappa shape index (κ3) is 3.08. The molecule has 3 aromatic heterocycles. The maximum absolute atomic E-state index is 10.7. The maximum atomic E-state index is 10.7. The minimum absolute atomic E-state index is 0.258. The van der Waals surface area contributed by atoms with Gasteiger partial charge in [0.25, 0.3) is 0 Å². The highest BCUT2D eigenvalue weighted by Crippen LogP contribution is 2.28. The highest BCUT2D eigenvalue weighted by atomic mass is 16.5. The van der Waals surface area contributed by atoms with Crippen molar-refractivity contribution in [2.24, 2.45) is 0 Å². The maximum Gasteiger partial charge on any atom is 0.187 e. The molecule has 28 heavy (non-hydrogen) atoms. The first-order chi connectivity index (χ1) is 13.7. The first-order valence-electron chi connectivity index (χ1n) is 9.48. The number of rotatable bonds is 4. The van der Waals surface area contributed by atoms with Crippen molar-refractivity contribution in [1.29, 1.82) is 0 Å². The summed E-state index contributed by atoms with van der Waals surface area (Å²) in [7, 11) is 0. The Labute approximate surface area is 162 Å². The molecule has 5 rings (SSSR count). The summed E-state index contributed by atoms with van der Waals surface area (Å²) in [6.07, 6.45) is 3.29. The van der Waals surface area contributed by atoms with Gasteiger partial charge in [0.2, 0.25) is 0 Å². The lowest BCUT2D eigenvalue weighted by molar-refractivity contribution is -0.0282. The number of pyridine rings is 2. The normalized spacial score (nSPS) is 16.5. The Kier molecular flexibility index (Phi) is 4.18. The summed E-state index contributed by atoms with van der Waals surface area (Å²) >= 11 is 0. The van der Waals surface area contributed by atoms with E-state index in [4.69, 9.17) is 9.72 Å². The summed E-state index contributed by atoms with van der Waals surface area (Å²) in [6, 6.07) is 15.6. The smallest absolute Gasteiger partial charge is 0.187 e. The molecule has 0 unspecified atom stereocenters. The molecule has 0 atom stereocenters. The molecule has 0 aliphatic carbocycles. The quantitative estimate of drug-likeness (QED) is 0.570. The Morgan fingerprint density at radius 2 is 1.93 bits per heavy atom. The summed E-state index contributed by atoms with van der Waals surface area (Å²) in [5.74, 6) is 1.35. The van der Waals surface area contributed by atoms with E-state index in [-0.39, 0.29) is 6.61 Å². The summed E-state index contributed by atoms with van der Waals surface area (Å²) in [5.41, 5.74) is 1.46. The van der Waals surface area contributed by atoms with Gasteiger partial charge >= 0.3 is 0 Å². The van der Waals surface area contributed by atoms with E-state index in [1.54, 1.807) is 0 Å². The summed E-state index contributed by atoms with van der Waals surface area (Å²) in [6.45, 7) is 1.86. The zero-order chi connectivity index (χ0) is 19.0. The van der Waals surface area contributed by atoms with Gasteiger partial charge in [-0.3, -0.25) is 4.40 Å². The lowest BCUT2D eigenvalue weighted by Gasteiger charge is -2.32. The lowest BCUT2D eigenvalue weighted by Crippen LogP contribution is -2.46. The Morgan fingerprint density at radius 1 is 1.04 bits per heavy atom. The van der Waals surface area contributed by atoms with E-state index in [1.165, 1.54) is 0 Å². The Hall–Kier alpha value is -3.03. The van der Waals surface area contributed by atoms with Crippen LogP contribution in [-0.2, 0) is 0 Å². The predicted molar refractivity (Wildman–Crippen MR) is 106 cm³/mol. The molecule has 7 nitrogen and oxygen atoms in total. The van der Waals surface area contributed by atoms with Crippen LogP contribution in [0.25, 0.3) is 28.1 Å². The van der Waals surface area contributed by atoms with E-state index < -0.39 is 5.60 Å². The molecule has 1 aliphatic rings. The fourth-order valence-electron chi connectivity index (χ4n) is 3.63. The molecule has 0 spiro atoms. The van der Waals surface area contributed by atoms with Crippen LogP contribution < -0.4 is 10.1 Å². The average molecular weight is 375 g/mol. The monoisotopic (exact) mass is 375 g/mol. The number of hydrogen-bond donors (Lipinski definition) is 2. The Bertz CT molecular complexity index is 1130. The van der Waals surface area contributed by atoms with E-state index >= 15 is 0 Å². The van der Waals surface area contributed by atoms with Crippen LogP contribution in [0.15, 0.2) is 54.7 Å². The summed E-state index contributed by atoms with van der Waals surface area (Å²) < 4.78 is 7.95. The van der Waals surface area contributed by atoms with Crippen molar-refractivity contribution in [3.05, 3.63) is 54.7 Å². The molecule has 1 fully saturated rings. The Morgan fingerprint density at radius 3 is 2.82 bits per heavy atom. The van der Waals surface area contributed by atoms with E-state index in [9.17, 15) is 5.11 Å². The van der Waals surface area contributed by atoms with Crippen LogP contribution in [-0.4, -0.2) is 50.0 Å². The molecule has 7 heteroatoms. The lowest BCUT2D eigenvalue weighted by atomic mass is 9.93. The van der Waals surface area contributed by atoms with Gasteiger partial charge in [-0.2, -0.15) is 0 Å². The van der Waals surface area contributed by atoms with Crippen LogP contribution >= 0.6 is 0 Å². The van der Waals surface area contributed by atoms with E-state index in [2.05, 4.69) is 15.5 Å². The van der Waals surface area contributed by atoms with E-state index in [0.29, 0.717) is 24.4 Å². The van der Waals surface area contributed by atoms with Crippen molar-refractivity contribution in [3.63, 3.8) is 0 Å². The molecule has 4 aromatic rings. The van der Waals surface area contributed by atoms with Crippen LogP contribution in [0.1, 0.15) is 12.8 Å². The number of piperidine rings is 1. The number of para-hydroxylation sites is 1. The Balaban J connectivity index is 1.51. The number of hydrogen-bond acceptors (Lipinski definition) is 6. The zero-order valence-corrected chi connectivity index (χ0v) is 15.4. The third-order valence-corrected chi connectivity index (χ3v) is 5.26. The number of nitrogens with zero attached hydrogens (tertiary/aromatic N) is 4. The van der Waals surface area contributed by atoms with Crippen molar-refractivity contribution in [1.82, 2.24) is 24.9 Å². The van der Waals surface area contributed by atoms with E-state index in [1.807, 2.05) is 59.1 Å². The van der Waals surface area contributed by atoms with Crippen molar-refractivity contribution in [2.75, 3.05) is 19.7 Å². The largest absolute Gasteiger partial charge is 0.488 e. The molecule has 1 aromatic carbocycles. The van der Waals surface area contributed by atoms with Crippen LogP contribution in [0.5, 0.6) is 5.75 Å². The van der Waals surface area contributed by atoms with Gasteiger partial charge in [0.1, 0.15) is 29.2 Å². The minimum atomic E-state index is -0.797. The van der Waals surface area contributed by atoms with Gasteiger partial charge in [-0.25, -0.2) is 4.98 Å². The van der Waals surface area contributed by atoms with Crippen LogP contribution in [0.4, 0.5) is 0 Å². The standard InChI is InChI=1S/C21H21N5O2/c27-21(9-11-22-12-10-21)14-28-17-5-3-4-15-7-8-16(23-19(15)17)20-25-24-18-6-1-2-13-26(18)20/h1-8,13,22,27H,9-12,14H2. The van der Waals surface area contributed by atoms with Gasteiger partial charge in [-0.15, -0.1) is 10.2 Å². The molecule has 0 saturated carbocycles. The number of fused-ring (bicyclic) bond motifs is 2. The minimum Gasteiger partial charge on any atom is -0.488 e. The molecule has 2 N–H and O–H groups in total. The first kappa shape index (κ1) is 17.1. The topological polar surface area (TPSA) is 84.6 Å². The average Bonchev–Trinajstić information content (AvgIpc) is 3.17. The first-order valence-corrected chi connectivity index (χ1v) is 9.48. The van der Waals surface area contributed by atoms with Gasteiger partial charge in [-0.1, -0.05) is 24.3 Å². The molecule has 1 saturated heterocycles. The van der Waals surface area contributed by atoms with Gasteiger partial charge in [-0.05, 0) is 50.2 Å². The molecular weight excluding hydrogens is 354 g/mol. The molecule has 142 valence electrons. The third-order valence-electron chi connectivity index (χ3n) is 5.26. The molecular formula is C21H21N5O2. The molecule has 0 amide bonds. The van der Waals surface area contributed by atoms with Crippen molar-refractivity contribution < 1.29 is 9.84 Å². The number of benzene rings is 1. The molecule has 0 radical (unpaired) electrons. The van der Waals surface area contributed by atoms with Crippen molar-refractivity contribution in [3.8, 4) is 17.3 Å². The second-order valence-electron chi connectivity index (χ2n) is 7.24. The molecule has 4 heterocycles.